The van der Waals surface area contributed by atoms with E-state index in [0.29, 0.717) is 5.56 Å². The lowest BCUT2D eigenvalue weighted by molar-refractivity contribution is 0.268. The van der Waals surface area contributed by atoms with Gasteiger partial charge in [-0.25, -0.2) is 8.78 Å². The highest BCUT2D eigenvalue weighted by molar-refractivity contribution is 5.38. The highest BCUT2D eigenvalue weighted by atomic mass is 19.1. The van der Waals surface area contributed by atoms with Crippen molar-refractivity contribution in [3.05, 3.63) is 29.3 Å². The summed E-state index contributed by atoms with van der Waals surface area (Å²) in [5.74, 6) is -1.77. The van der Waals surface area contributed by atoms with Gasteiger partial charge in [-0.3, -0.25) is 0 Å². The summed E-state index contributed by atoms with van der Waals surface area (Å²) in [6.07, 6.45) is 0. The summed E-state index contributed by atoms with van der Waals surface area (Å²) in [7, 11) is 1.31. The van der Waals surface area contributed by atoms with E-state index < -0.39 is 11.6 Å². The first-order valence-electron chi connectivity index (χ1n) is 4.24. The number of benzene rings is 1. The normalized spacial score (nSPS) is 12.6. The molecule has 0 radical (unpaired) electrons. The Labute approximate surface area is 81.1 Å². The van der Waals surface area contributed by atoms with Crippen LogP contribution in [0.1, 0.15) is 18.4 Å². The van der Waals surface area contributed by atoms with Crippen molar-refractivity contribution in [2.45, 2.75) is 12.8 Å². The average Bonchev–Trinajstić information content (AvgIpc) is 2.15. The van der Waals surface area contributed by atoms with E-state index in [-0.39, 0.29) is 18.3 Å². The van der Waals surface area contributed by atoms with Crippen molar-refractivity contribution in [1.29, 1.82) is 0 Å². The van der Waals surface area contributed by atoms with E-state index >= 15 is 0 Å². The standard InChI is InChI=1S/C10H12F2O2/c1-6(5-13)8-3-7(11)4-9(12)10(8)14-2/h3-4,6,13H,5H2,1-2H3. The van der Waals surface area contributed by atoms with Crippen LogP contribution in [0.4, 0.5) is 8.78 Å². The molecule has 0 aliphatic carbocycles. The van der Waals surface area contributed by atoms with Crippen molar-refractivity contribution >= 4 is 0 Å². The number of hydrogen-bond donors (Lipinski definition) is 1. The molecule has 1 atom stereocenters. The molecule has 14 heavy (non-hydrogen) atoms. The molecule has 1 rings (SSSR count). The maximum atomic E-state index is 13.2. The fraction of sp³-hybridized carbons (Fsp3) is 0.400. The molecule has 1 unspecified atom stereocenters. The number of aliphatic hydroxyl groups is 1. The van der Waals surface area contributed by atoms with Crippen LogP contribution >= 0.6 is 0 Å². The molecule has 0 heterocycles. The summed E-state index contributed by atoms with van der Waals surface area (Å²) in [6, 6.07) is 1.93. The third-order valence-corrected chi connectivity index (χ3v) is 2.05. The predicted molar refractivity (Wildman–Crippen MR) is 48.4 cm³/mol. The first-order valence-corrected chi connectivity index (χ1v) is 4.24. The lowest BCUT2D eigenvalue weighted by Crippen LogP contribution is -2.04. The molecule has 0 aliphatic rings. The van der Waals surface area contributed by atoms with Crippen molar-refractivity contribution in [3.8, 4) is 5.75 Å². The molecule has 4 heteroatoms. The molecule has 0 aromatic heterocycles. The number of ether oxygens (including phenoxy) is 1. The zero-order valence-corrected chi connectivity index (χ0v) is 8.05. The molecular formula is C10H12F2O2. The van der Waals surface area contributed by atoms with Gasteiger partial charge in [-0.05, 0) is 6.07 Å². The van der Waals surface area contributed by atoms with E-state index in [0.717, 1.165) is 6.07 Å². The Morgan fingerprint density at radius 1 is 1.43 bits per heavy atom. The van der Waals surface area contributed by atoms with Crippen LogP contribution in [0.5, 0.6) is 5.75 Å². The minimum atomic E-state index is -0.747. The predicted octanol–water partition coefficient (Wildman–Crippen LogP) is 2.07. The van der Waals surface area contributed by atoms with Crippen LogP contribution in [0, 0.1) is 11.6 Å². The van der Waals surface area contributed by atoms with Crippen LogP contribution in [-0.2, 0) is 0 Å². The molecule has 78 valence electrons. The van der Waals surface area contributed by atoms with Crippen LogP contribution in [-0.4, -0.2) is 18.8 Å². The van der Waals surface area contributed by atoms with Gasteiger partial charge in [0.15, 0.2) is 11.6 Å². The van der Waals surface area contributed by atoms with Crippen LogP contribution in [0.25, 0.3) is 0 Å². The van der Waals surface area contributed by atoms with Crippen LogP contribution < -0.4 is 4.74 Å². The number of rotatable bonds is 3. The van der Waals surface area contributed by atoms with Gasteiger partial charge >= 0.3 is 0 Å². The van der Waals surface area contributed by atoms with Crippen LogP contribution in [0.15, 0.2) is 12.1 Å². The van der Waals surface area contributed by atoms with Gasteiger partial charge in [0.05, 0.1) is 7.11 Å². The second-order valence-electron chi connectivity index (χ2n) is 3.09. The minimum absolute atomic E-state index is 0.00653. The molecule has 0 aliphatic heterocycles. The molecule has 1 aromatic rings. The number of methoxy groups -OCH3 is 1. The summed E-state index contributed by atoms with van der Waals surface area (Å²) in [5, 5.41) is 8.89. The van der Waals surface area contributed by atoms with Gasteiger partial charge in [-0.15, -0.1) is 0 Å². The molecule has 1 N–H and O–H groups in total. The highest BCUT2D eigenvalue weighted by Crippen LogP contribution is 2.29. The lowest BCUT2D eigenvalue weighted by atomic mass is 10.0. The summed E-state index contributed by atoms with van der Waals surface area (Å²) < 4.78 is 30.8. The molecule has 0 spiro atoms. The highest BCUT2D eigenvalue weighted by Gasteiger charge is 2.16. The van der Waals surface area contributed by atoms with Crippen molar-refractivity contribution in [2.75, 3.05) is 13.7 Å². The Hall–Kier alpha value is -1.16. The van der Waals surface area contributed by atoms with Gasteiger partial charge in [0.1, 0.15) is 5.82 Å². The fourth-order valence-corrected chi connectivity index (χ4v) is 1.26. The maximum Gasteiger partial charge on any atom is 0.168 e. The van der Waals surface area contributed by atoms with Gasteiger partial charge in [-0.2, -0.15) is 0 Å². The van der Waals surface area contributed by atoms with E-state index in [9.17, 15) is 8.78 Å². The number of halogens is 2. The van der Waals surface area contributed by atoms with Crippen molar-refractivity contribution in [3.63, 3.8) is 0 Å². The lowest BCUT2D eigenvalue weighted by Gasteiger charge is -2.13. The van der Waals surface area contributed by atoms with Gasteiger partial charge < -0.3 is 9.84 Å². The molecule has 0 amide bonds. The fourth-order valence-electron chi connectivity index (χ4n) is 1.26. The maximum absolute atomic E-state index is 13.2. The van der Waals surface area contributed by atoms with Crippen molar-refractivity contribution in [2.24, 2.45) is 0 Å². The zero-order chi connectivity index (χ0) is 10.7. The Morgan fingerprint density at radius 3 is 2.57 bits per heavy atom. The summed E-state index contributed by atoms with van der Waals surface area (Å²) in [4.78, 5) is 0. The van der Waals surface area contributed by atoms with E-state index in [1.807, 2.05) is 0 Å². The molecule has 2 nitrogen and oxygen atoms in total. The summed E-state index contributed by atoms with van der Waals surface area (Å²) in [5.41, 5.74) is 0.340. The molecule has 0 saturated carbocycles. The third-order valence-electron chi connectivity index (χ3n) is 2.05. The first-order chi connectivity index (χ1) is 6.60. The third kappa shape index (κ3) is 2.01. The molecular weight excluding hydrogens is 190 g/mol. The monoisotopic (exact) mass is 202 g/mol. The zero-order valence-electron chi connectivity index (χ0n) is 8.05. The molecule has 1 aromatic carbocycles. The Bertz CT molecular complexity index is 326. The Morgan fingerprint density at radius 2 is 2.07 bits per heavy atom. The Kier molecular flexibility index (Phi) is 3.41. The second-order valence-corrected chi connectivity index (χ2v) is 3.09. The second kappa shape index (κ2) is 4.37. The first kappa shape index (κ1) is 10.9. The minimum Gasteiger partial charge on any atom is -0.493 e. The number of aliphatic hydroxyl groups excluding tert-OH is 1. The quantitative estimate of drug-likeness (QED) is 0.813. The van der Waals surface area contributed by atoms with Gasteiger partial charge in [0.25, 0.3) is 0 Å². The van der Waals surface area contributed by atoms with Crippen molar-refractivity contribution < 1.29 is 18.6 Å². The van der Waals surface area contributed by atoms with Crippen molar-refractivity contribution in [1.82, 2.24) is 0 Å². The topological polar surface area (TPSA) is 29.5 Å². The SMILES string of the molecule is COc1c(F)cc(F)cc1C(C)CO. The Balaban J connectivity index is 3.24. The summed E-state index contributed by atoms with van der Waals surface area (Å²) in [6.45, 7) is 1.48. The van der Waals surface area contributed by atoms with E-state index in [2.05, 4.69) is 0 Å². The van der Waals surface area contributed by atoms with E-state index in [1.165, 1.54) is 13.2 Å². The van der Waals surface area contributed by atoms with E-state index in [4.69, 9.17) is 9.84 Å². The van der Waals surface area contributed by atoms with Gasteiger partial charge in [-0.1, -0.05) is 6.92 Å². The molecule has 0 fully saturated rings. The largest absolute Gasteiger partial charge is 0.493 e. The van der Waals surface area contributed by atoms with E-state index in [1.54, 1.807) is 6.92 Å². The van der Waals surface area contributed by atoms with Gasteiger partial charge in [0, 0.05) is 24.2 Å². The smallest absolute Gasteiger partial charge is 0.168 e. The van der Waals surface area contributed by atoms with Gasteiger partial charge in [0.2, 0.25) is 0 Å². The average molecular weight is 202 g/mol. The molecule has 0 bridgehead atoms. The number of hydrogen-bond acceptors (Lipinski definition) is 2. The molecule has 0 saturated heterocycles. The van der Waals surface area contributed by atoms with Crippen LogP contribution in [0.2, 0.25) is 0 Å². The summed E-state index contributed by atoms with van der Waals surface area (Å²) >= 11 is 0. The van der Waals surface area contributed by atoms with Crippen LogP contribution in [0.3, 0.4) is 0 Å².